The van der Waals surface area contributed by atoms with Crippen molar-refractivity contribution in [3.8, 4) is 0 Å². The van der Waals surface area contributed by atoms with Crippen LogP contribution >= 0.6 is 0 Å². The van der Waals surface area contributed by atoms with Gasteiger partial charge in [-0.15, -0.1) is 0 Å². The molecule has 2 heteroatoms. The van der Waals surface area contributed by atoms with Crippen molar-refractivity contribution in [2.45, 2.75) is 32.7 Å². The lowest BCUT2D eigenvalue weighted by Gasteiger charge is -2.43. The number of hydrogen-bond donors (Lipinski definition) is 0. The minimum absolute atomic E-state index is 0.0263. The van der Waals surface area contributed by atoms with Gasteiger partial charge >= 0.3 is 8.32 Å². The zero-order valence-electron chi connectivity index (χ0n) is 16.6. The summed E-state index contributed by atoms with van der Waals surface area (Å²) in [6.07, 6.45) is 2.14. The summed E-state index contributed by atoms with van der Waals surface area (Å²) in [4.78, 5) is 0. The van der Waals surface area contributed by atoms with E-state index in [1.54, 1.807) is 0 Å². The van der Waals surface area contributed by atoms with Crippen LogP contribution in [0, 0.1) is 0 Å². The van der Waals surface area contributed by atoms with E-state index in [1.807, 2.05) is 6.07 Å². The summed E-state index contributed by atoms with van der Waals surface area (Å²) in [5.74, 6) is 0.954. The van der Waals surface area contributed by atoms with E-state index in [-0.39, 0.29) is 5.04 Å². The predicted molar refractivity (Wildman–Crippen MR) is 119 cm³/mol. The summed E-state index contributed by atoms with van der Waals surface area (Å²) in [5.41, 5.74) is 1.16. The fourth-order valence-corrected chi connectivity index (χ4v) is 8.18. The summed E-state index contributed by atoms with van der Waals surface area (Å²) in [6.45, 7) is 8.98. The molecule has 1 nitrogen and oxygen atoms in total. The molecule has 0 spiro atoms. The molecule has 0 amide bonds. The van der Waals surface area contributed by atoms with Gasteiger partial charge in [-0.1, -0.05) is 112 Å². The lowest BCUT2D eigenvalue weighted by molar-refractivity contribution is 0.403. The monoisotopic (exact) mass is 372 g/mol. The Morgan fingerprint density at radius 2 is 1.11 bits per heavy atom. The molecule has 0 heterocycles. The molecule has 0 aromatic heterocycles. The van der Waals surface area contributed by atoms with E-state index < -0.39 is 8.32 Å². The third-order valence-corrected chi connectivity index (χ3v) is 9.93. The molecule has 3 aromatic carbocycles. The van der Waals surface area contributed by atoms with Gasteiger partial charge in [0.2, 0.25) is 0 Å². The second-order valence-electron chi connectivity index (χ2n) is 7.93. The zero-order chi connectivity index (χ0) is 19.3. The fourth-order valence-electron chi connectivity index (χ4n) is 3.70. The minimum atomic E-state index is -2.53. The van der Waals surface area contributed by atoms with Crippen molar-refractivity contribution in [3.05, 3.63) is 102 Å². The average Bonchev–Trinajstić information content (AvgIpc) is 2.67. The van der Waals surface area contributed by atoms with Gasteiger partial charge < -0.3 is 4.43 Å². The van der Waals surface area contributed by atoms with Crippen LogP contribution < -0.4 is 10.4 Å². The first-order chi connectivity index (χ1) is 12.9. The SMILES string of the molecule is C/C(=C\c1ccccc1)O[Si](c1ccccc1)(c1ccccc1)C(C)(C)C. The van der Waals surface area contributed by atoms with Crippen LogP contribution in [0.4, 0.5) is 0 Å². The van der Waals surface area contributed by atoms with E-state index in [0.29, 0.717) is 0 Å². The normalized spacial score (nSPS) is 12.7. The molecule has 0 atom stereocenters. The highest BCUT2D eigenvalue weighted by Gasteiger charge is 2.52. The van der Waals surface area contributed by atoms with Crippen LogP contribution in [-0.2, 0) is 4.43 Å². The quantitative estimate of drug-likeness (QED) is 0.417. The van der Waals surface area contributed by atoms with Crippen molar-refractivity contribution in [3.63, 3.8) is 0 Å². The first-order valence-electron chi connectivity index (χ1n) is 9.47. The number of allylic oxidation sites excluding steroid dienone is 1. The topological polar surface area (TPSA) is 9.23 Å². The molecule has 0 saturated heterocycles. The van der Waals surface area contributed by atoms with Gasteiger partial charge in [0, 0.05) is 0 Å². The summed E-state index contributed by atoms with van der Waals surface area (Å²) in [5, 5.41) is 2.57. The maximum absolute atomic E-state index is 6.98. The summed E-state index contributed by atoms with van der Waals surface area (Å²) in [7, 11) is -2.53. The summed E-state index contributed by atoms with van der Waals surface area (Å²) in [6, 6.07) is 31.9. The Bertz CT molecular complexity index is 838. The molecule has 138 valence electrons. The first kappa shape index (κ1) is 19.2. The fraction of sp³-hybridized carbons (Fsp3) is 0.200. The van der Waals surface area contributed by atoms with Gasteiger partial charge in [-0.2, -0.15) is 0 Å². The summed E-state index contributed by atoms with van der Waals surface area (Å²) < 4.78 is 6.98. The molecule has 0 fully saturated rings. The van der Waals surface area contributed by atoms with Crippen LogP contribution in [-0.4, -0.2) is 8.32 Å². The van der Waals surface area contributed by atoms with E-state index in [2.05, 4.69) is 119 Å². The van der Waals surface area contributed by atoms with E-state index in [4.69, 9.17) is 4.43 Å². The molecule has 0 aliphatic rings. The molecule has 0 unspecified atom stereocenters. The van der Waals surface area contributed by atoms with Crippen LogP contribution in [0.5, 0.6) is 0 Å². The third-order valence-electron chi connectivity index (χ3n) is 4.90. The van der Waals surface area contributed by atoms with Crippen molar-refractivity contribution in [1.29, 1.82) is 0 Å². The predicted octanol–water partition coefficient (Wildman–Crippen LogP) is 5.62. The second kappa shape index (κ2) is 7.97. The van der Waals surface area contributed by atoms with Gasteiger partial charge in [0.1, 0.15) is 0 Å². The highest BCUT2D eigenvalue weighted by molar-refractivity contribution is 6.99. The Kier molecular flexibility index (Phi) is 5.67. The maximum Gasteiger partial charge on any atom is 0.319 e. The van der Waals surface area contributed by atoms with Crippen LogP contribution in [0.3, 0.4) is 0 Å². The highest BCUT2D eigenvalue weighted by Crippen LogP contribution is 2.38. The molecule has 3 rings (SSSR count). The van der Waals surface area contributed by atoms with Crippen LogP contribution in [0.2, 0.25) is 5.04 Å². The Balaban J connectivity index is 2.16. The number of benzene rings is 3. The van der Waals surface area contributed by atoms with E-state index in [1.165, 1.54) is 10.4 Å². The maximum atomic E-state index is 6.98. The Labute approximate surface area is 164 Å². The van der Waals surface area contributed by atoms with Crippen molar-refractivity contribution >= 4 is 24.8 Å². The van der Waals surface area contributed by atoms with E-state index in [0.717, 1.165) is 11.3 Å². The average molecular weight is 373 g/mol. The van der Waals surface area contributed by atoms with Crippen molar-refractivity contribution < 1.29 is 4.43 Å². The zero-order valence-corrected chi connectivity index (χ0v) is 17.6. The Morgan fingerprint density at radius 3 is 1.52 bits per heavy atom. The standard InChI is InChI=1S/C25H28OSi/c1-21(20-22-14-8-5-9-15-22)26-27(25(2,3)4,23-16-10-6-11-17-23)24-18-12-7-13-19-24/h5-20H,1-4H3/b21-20+. The molecule has 0 radical (unpaired) electrons. The van der Waals surface area contributed by atoms with Gasteiger partial charge in [-0.05, 0) is 34.0 Å². The van der Waals surface area contributed by atoms with Gasteiger partial charge in [0.25, 0.3) is 0 Å². The Hall–Kier alpha value is -2.58. The van der Waals surface area contributed by atoms with Crippen LogP contribution in [0.1, 0.15) is 33.3 Å². The lowest BCUT2D eigenvalue weighted by atomic mass is 10.2. The molecule has 0 aliphatic carbocycles. The molecule has 3 aromatic rings. The number of rotatable bonds is 5. The molecular formula is C25H28OSi. The molecule has 0 N–H and O–H groups in total. The van der Waals surface area contributed by atoms with E-state index >= 15 is 0 Å². The van der Waals surface area contributed by atoms with Crippen LogP contribution in [0.15, 0.2) is 96.8 Å². The van der Waals surface area contributed by atoms with Crippen molar-refractivity contribution in [2.24, 2.45) is 0 Å². The van der Waals surface area contributed by atoms with Gasteiger partial charge in [0.05, 0.1) is 5.76 Å². The molecule has 27 heavy (non-hydrogen) atoms. The van der Waals surface area contributed by atoms with Crippen molar-refractivity contribution in [1.82, 2.24) is 0 Å². The van der Waals surface area contributed by atoms with Crippen LogP contribution in [0.25, 0.3) is 6.08 Å². The van der Waals surface area contributed by atoms with E-state index in [9.17, 15) is 0 Å². The minimum Gasteiger partial charge on any atom is -0.537 e. The van der Waals surface area contributed by atoms with Gasteiger partial charge in [-0.25, -0.2) is 0 Å². The largest absolute Gasteiger partial charge is 0.537 e. The third kappa shape index (κ3) is 4.06. The highest BCUT2D eigenvalue weighted by atomic mass is 28.4. The Morgan fingerprint density at radius 1 is 0.704 bits per heavy atom. The molecule has 0 bridgehead atoms. The second-order valence-corrected chi connectivity index (χ2v) is 12.2. The van der Waals surface area contributed by atoms with Crippen molar-refractivity contribution in [2.75, 3.05) is 0 Å². The molecule has 0 aliphatic heterocycles. The summed E-state index contributed by atoms with van der Waals surface area (Å²) >= 11 is 0. The molecular weight excluding hydrogens is 344 g/mol. The smallest absolute Gasteiger partial charge is 0.319 e. The van der Waals surface area contributed by atoms with Gasteiger partial charge in [0.15, 0.2) is 0 Å². The first-order valence-corrected chi connectivity index (χ1v) is 11.4. The number of hydrogen-bond acceptors (Lipinski definition) is 1. The van der Waals surface area contributed by atoms with Gasteiger partial charge in [-0.3, -0.25) is 0 Å². The molecule has 0 saturated carbocycles. The lowest BCUT2D eigenvalue weighted by Crippen LogP contribution is -2.66.